The Hall–Kier alpha value is -0.870. The zero-order chi connectivity index (χ0) is 11.5. The average molecular weight is 222 g/mol. The van der Waals surface area contributed by atoms with Gasteiger partial charge in [0.1, 0.15) is 5.82 Å². The van der Waals surface area contributed by atoms with Crippen molar-refractivity contribution in [3.05, 3.63) is 18.2 Å². The molecule has 2 unspecified atom stereocenters. The molecule has 4 heteroatoms. The summed E-state index contributed by atoms with van der Waals surface area (Å²) in [6.07, 6.45) is 5.04. The molecule has 2 atom stereocenters. The lowest BCUT2D eigenvalue weighted by Crippen LogP contribution is -2.45. The summed E-state index contributed by atoms with van der Waals surface area (Å²) in [5.41, 5.74) is 6.02. The SMILES string of the molecule is CCn1ccnc1CN1CCC(N)C(C)C1. The molecule has 2 heterocycles. The molecule has 1 aromatic rings. The van der Waals surface area contributed by atoms with E-state index in [4.69, 9.17) is 5.73 Å². The molecule has 1 aliphatic rings. The van der Waals surface area contributed by atoms with E-state index in [1.165, 1.54) is 5.82 Å². The lowest BCUT2D eigenvalue weighted by molar-refractivity contribution is 0.153. The molecule has 0 aliphatic carbocycles. The Morgan fingerprint density at radius 2 is 2.38 bits per heavy atom. The van der Waals surface area contributed by atoms with Crippen molar-refractivity contribution in [2.75, 3.05) is 13.1 Å². The molecule has 2 N–H and O–H groups in total. The van der Waals surface area contributed by atoms with Crippen molar-refractivity contribution >= 4 is 0 Å². The van der Waals surface area contributed by atoms with Gasteiger partial charge in [0.05, 0.1) is 6.54 Å². The first-order chi connectivity index (χ1) is 7.70. The van der Waals surface area contributed by atoms with Gasteiger partial charge in [0.25, 0.3) is 0 Å². The first-order valence-corrected chi connectivity index (χ1v) is 6.18. The molecule has 90 valence electrons. The maximum Gasteiger partial charge on any atom is 0.122 e. The molecular formula is C12H22N4. The number of likely N-dealkylation sites (tertiary alicyclic amines) is 1. The zero-order valence-electron chi connectivity index (χ0n) is 10.3. The third-order valence-corrected chi connectivity index (χ3v) is 3.56. The quantitative estimate of drug-likeness (QED) is 0.832. The number of nitrogens with two attached hydrogens (primary N) is 1. The highest BCUT2D eigenvalue weighted by Gasteiger charge is 2.23. The van der Waals surface area contributed by atoms with E-state index >= 15 is 0 Å². The fourth-order valence-electron chi connectivity index (χ4n) is 2.37. The van der Waals surface area contributed by atoms with Gasteiger partial charge in [-0.2, -0.15) is 0 Å². The van der Waals surface area contributed by atoms with Crippen LogP contribution in [0.2, 0.25) is 0 Å². The van der Waals surface area contributed by atoms with Crippen molar-refractivity contribution in [3.63, 3.8) is 0 Å². The second-order valence-corrected chi connectivity index (χ2v) is 4.79. The summed E-state index contributed by atoms with van der Waals surface area (Å²) < 4.78 is 2.21. The van der Waals surface area contributed by atoms with Crippen LogP contribution >= 0.6 is 0 Å². The van der Waals surface area contributed by atoms with Crippen molar-refractivity contribution in [2.45, 2.75) is 39.4 Å². The highest BCUT2D eigenvalue weighted by molar-refractivity contribution is 4.93. The number of aryl methyl sites for hydroxylation is 1. The number of hydrogen-bond donors (Lipinski definition) is 1. The lowest BCUT2D eigenvalue weighted by atomic mass is 9.95. The van der Waals surface area contributed by atoms with Crippen LogP contribution in [0.5, 0.6) is 0 Å². The van der Waals surface area contributed by atoms with Crippen LogP contribution in [-0.4, -0.2) is 33.6 Å². The standard InChI is InChI=1S/C12H22N4/c1-3-16-7-5-14-12(16)9-15-6-4-11(13)10(2)8-15/h5,7,10-11H,3-4,6,8-9,13H2,1-2H3. The third-order valence-electron chi connectivity index (χ3n) is 3.56. The smallest absolute Gasteiger partial charge is 0.122 e. The second-order valence-electron chi connectivity index (χ2n) is 4.79. The van der Waals surface area contributed by atoms with Gasteiger partial charge < -0.3 is 10.3 Å². The van der Waals surface area contributed by atoms with Crippen LogP contribution in [0.25, 0.3) is 0 Å². The molecule has 16 heavy (non-hydrogen) atoms. The minimum absolute atomic E-state index is 0.377. The Bertz CT molecular complexity index is 334. The first kappa shape index (κ1) is 11.6. The van der Waals surface area contributed by atoms with Crippen molar-refractivity contribution in [1.29, 1.82) is 0 Å². The molecular weight excluding hydrogens is 200 g/mol. The van der Waals surface area contributed by atoms with Gasteiger partial charge >= 0.3 is 0 Å². The largest absolute Gasteiger partial charge is 0.334 e. The van der Waals surface area contributed by atoms with Crippen LogP contribution in [0, 0.1) is 5.92 Å². The molecule has 4 nitrogen and oxygen atoms in total. The van der Waals surface area contributed by atoms with Gasteiger partial charge in [-0.3, -0.25) is 4.90 Å². The van der Waals surface area contributed by atoms with Gasteiger partial charge in [-0.1, -0.05) is 6.92 Å². The Morgan fingerprint density at radius 3 is 3.06 bits per heavy atom. The molecule has 2 rings (SSSR count). The van der Waals surface area contributed by atoms with Crippen LogP contribution in [0.3, 0.4) is 0 Å². The number of aromatic nitrogens is 2. The highest BCUT2D eigenvalue weighted by Crippen LogP contribution is 2.16. The van der Waals surface area contributed by atoms with Gasteiger partial charge in [-0.25, -0.2) is 4.98 Å². The van der Waals surface area contributed by atoms with Gasteiger partial charge in [0.2, 0.25) is 0 Å². The van der Waals surface area contributed by atoms with Gasteiger partial charge in [0, 0.05) is 38.1 Å². The Balaban J connectivity index is 1.95. The summed E-state index contributed by atoms with van der Waals surface area (Å²) >= 11 is 0. The molecule has 1 aliphatic heterocycles. The van der Waals surface area contributed by atoms with E-state index < -0.39 is 0 Å². The summed E-state index contributed by atoms with van der Waals surface area (Å²) in [4.78, 5) is 6.88. The topological polar surface area (TPSA) is 47.1 Å². The fraction of sp³-hybridized carbons (Fsp3) is 0.750. The van der Waals surface area contributed by atoms with Crippen LogP contribution in [0.15, 0.2) is 12.4 Å². The maximum atomic E-state index is 6.02. The van der Waals surface area contributed by atoms with Gasteiger partial charge in [-0.15, -0.1) is 0 Å². The van der Waals surface area contributed by atoms with Crippen LogP contribution in [-0.2, 0) is 13.1 Å². The predicted octanol–water partition coefficient (Wildman–Crippen LogP) is 1.07. The number of nitrogens with zero attached hydrogens (tertiary/aromatic N) is 3. The number of piperidine rings is 1. The molecule has 1 fully saturated rings. The fourth-order valence-corrected chi connectivity index (χ4v) is 2.37. The number of rotatable bonds is 3. The molecule has 0 spiro atoms. The second kappa shape index (κ2) is 4.97. The third kappa shape index (κ3) is 2.44. The van der Waals surface area contributed by atoms with Crippen molar-refractivity contribution in [3.8, 4) is 0 Å². The Kier molecular flexibility index (Phi) is 3.61. The molecule has 0 radical (unpaired) electrons. The molecule has 1 saturated heterocycles. The summed E-state index contributed by atoms with van der Waals surface area (Å²) in [6, 6.07) is 0.377. The minimum Gasteiger partial charge on any atom is -0.334 e. The zero-order valence-corrected chi connectivity index (χ0v) is 10.3. The van der Waals surface area contributed by atoms with Crippen molar-refractivity contribution in [2.24, 2.45) is 11.7 Å². The average Bonchev–Trinajstić information content (AvgIpc) is 2.71. The number of hydrogen-bond acceptors (Lipinski definition) is 3. The van der Waals surface area contributed by atoms with Crippen LogP contribution in [0.4, 0.5) is 0 Å². The molecule has 0 saturated carbocycles. The summed E-state index contributed by atoms with van der Waals surface area (Å²) in [5.74, 6) is 1.77. The monoisotopic (exact) mass is 222 g/mol. The van der Waals surface area contributed by atoms with Crippen molar-refractivity contribution < 1.29 is 0 Å². The van der Waals surface area contributed by atoms with E-state index in [0.717, 1.165) is 32.6 Å². The molecule has 0 bridgehead atoms. The number of imidazole rings is 1. The Morgan fingerprint density at radius 1 is 1.56 bits per heavy atom. The van der Waals surface area contributed by atoms with E-state index in [2.05, 4.69) is 34.5 Å². The highest BCUT2D eigenvalue weighted by atomic mass is 15.2. The molecule has 1 aromatic heterocycles. The van der Waals surface area contributed by atoms with Crippen LogP contribution < -0.4 is 5.73 Å². The van der Waals surface area contributed by atoms with E-state index in [-0.39, 0.29) is 0 Å². The summed E-state index contributed by atoms with van der Waals surface area (Å²) in [5, 5.41) is 0. The predicted molar refractivity (Wildman–Crippen MR) is 64.9 cm³/mol. The Labute approximate surface area is 97.4 Å². The molecule has 0 amide bonds. The first-order valence-electron chi connectivity index (χ1n) is 6.18. The molecule has 0 aromatic carbocycles. The minimum atomic E-state index is 0.377. The van der Waals surface area contributed by atoms with Gasteiger partial charge in [-0.05, 0) is 19.3 Å². The van der Waals surface area contributed by atoms with E-state index in [1.54, 1.807) is 0 Å². The van der Waals surface area contributed by atoms with E-state index in [1.807, 2.05) is 6.20 Å². The van der Waals surface area contributed by atoms with Crippen molar-refractivity contribution in [1.82, 2.24) is 14.5 Å². The van der Waals surface area contributed by atoms with Gasteiger partial charge in [0.15, 0.2) is 0 Å². The van der Waals surface area contributed by atoms with E-state index in [0.29, 0.717) is 12.0 Å². The normalized spacial score (nSPS) is 27.2. The van der Waals surface area contributed by atoms with Crippen LogP contribution in [0.1, 0.15) is 26.1 Å². The van der Waals surface area contributed by atoms with E-state index in [9.17, 15) is 0 Å². The maximum absolute atomic E-state index is 6.02. The summed E-state index contributed by atoms with van der Waals surface area (Å²) in [6.45, 7) is 8.54. The lowest BCUT2D eigenvalue weighted by Gasteiger charge is -2.34. The summed E-state index contributed by atoms with van der Waals surface area (Å²) in [7, 11) is 0.